The molecule has 0 aromatic carbocycles. The highest BCUT2D eigenvalue weighted by Crippen LogP contribution is 1.88. The van der Waals surface area contributed by atoms with E-state index in [1.807, 2.05) is 13.8 Å². The first kappa shape index (κ1) is 2.31. The second-order valence-corrected chi connectivity index (χ2v) is 1.70. The Morgan fingerprint density at radius 1 is 1.83 bits per heavy atom. The third-order valence-electron chi connectivity index (χ3n) is 0.417. The van der Waals surface area contributed by atoms with Gasteiger partial charge in [0.25, 0.3) is 0 Å². The largest absolute Gasteiger partial charge is 0.384 e. The van der Waals surface area contributed by atoms with E-state index < -0.39 is 7.04 Å². The van der Waals surface area contributed by atoms with Crippen molar-refractivity contribution in [2.45, 2.75) is 13.8 Å². The van der Waals surface area contributed by atoms with Crippen LogP contribution in [0.25, 0.3) is 0 Å². The predicted octanol–water partition coefficient (Wildman–Crippen LogP) is 1.29. The van der Waals surface area contributed by atoms with Gasteiger partial charge in [0.1, 0.15) is 0 Å². The van der Waals surface area contributed by atoms with Gasteiger partial charge in [-0.25, -0.2) is 0 Å². The predicted molar refractivity (Wildman–Crippen MR) is 26.7 cm³/mol. The van der Waals surface area contributed by atoms with Crippen molar-refractivity contribution in [1.29, 1.82) is 0 Å². The average molecular weight is 91.2 g/mol. The summed E-state index contributed by atoms with van der Waals surface area (Å²) in [6, 6.07) is 0. The minimum atomic E-state index is -2.22. The topological polar surface area (TPSA) is 9.23 Å². The number of hydrogen-bond acceptors (Lipinski definition) is 1. The normalized spacial score (nSPS) is 19.5. The van der Waals surface area contributed by atoms with Crippen molar-refractivity contribution in [3.05, 3.63) is 0 Å². The number of ether oxygens (including phenoxy) is 1. The van der Waals surface area contributed by atoms with Gasteiger partial charge >= 0.3 is 0 Å². The molecule has 6 heavy (non-hydrogen) atoms. The van der Waals surface area contributed by atoms with Crippen LogP contribution in [0, 0.1) is 5.92 Å². The summed E-state index contributed by atoms with van der Waals surface area (Å²) in [5, 5.41) is 0. The third-order valence-corrected chi connectivity index (χ3v) is 0.417. The van der Waals surface area contributed by atoms with E-state index in [-0.39, 0.29) is 5.92 Å². The fourth-order valence-corrected chi connectivity index (χ4v) is 0.167. The maximum absolute atomic E-state index is 6.64. The molecule has 0 aliphatic heterocycles. The van der Waals surface area contributed by atoms with Gasteiger partial charge in [-0.2, -0.15) is 0 Å². The van der Waals surface area contributed by atoms with Crippen molar-refractivity contribution < 1.29 is 8.85 Å². The second-order valence-electron chi connectivity index (χ2n) is 1.70. The minimum Gasteiger partial charge on any atom is -0.384 e. The summed E-state index contributed by atoms with van der Waals surface area (Å²) < 4.78 is 24.4. The van der Waals surface area contributed by atoms with Crippen LogP contribution >= 0.6 is 0 Å². The molecule has 0 heterocycles. The Bertz CT molecular complexity index is 76.8. The quantitative estimate of drug-likeness (QED) is 0.497. The molecule has 0 aliphatic rings. The molecule has 0 saturated carbocycles. The van der Waals surface area contributed by atoms with E-state index in [0.717, 1.165) is 0 Å². The van der Waals surface area contributed by atoms with E-state index in [2.05, 4.69) is 4.74 Å². The fourth-order valence-electron chi connectivity index (χ4n) is 0.167. The summed E-state index contributed by atoms with van der Waals surface area (Å²) in [5.74, 6) is 0.283. The van der Waals surface area contributed by atoms with Crippen LogP contribution in [-0.4, -0.2) is 13.6 Å². The Morgan fingerprint density at radius 3 is 2.67 bits per heavy atom. The molecule has 0 aliphatic carbocycles. The smallest absolute Gasteiger partial charge is 0.0530 e. The van der Waals surface area contributed by atoms with Crippen molar-refractivity contribution in [3.63, 3.8) is 0 Å². The third kappa shape index (κ3) is 3.96. The Kier molecular flexibility index (Phi) is 1.22. The van der Waals surface area contributed by atoms with Crippen molar-refractivity contribution in [3.8, 4) is 0 Å². The molecule has 0 atom stereocenters. The Morgan fingerprint density at radius 2 is 2.50 bits per heavy atom. The van der Waals surface area contributed by atoms with E-state index in [9.17, 15) is 0 Å². The van der Waals surface area contributed by atoms with Crippen molar-refractivity contribution in [2.75, 3.05) is 13.6 Å². The lowest BCUT2D eigenvalue weighted by atomic mass is 10.2. The molecular weight excluding hydrogens is 76.1 g/mol. The summed E-state index contributed by atoms with van der Waals surface area (Å²) >= 11 is 0. The maximum Gasteiger partial charge on any atom is 0.0530 e. The first-order valence-electron chi connectivity index (χ1n) is 3.56. The van der Waals surface area contributed by atoms with Crippen LogP contribution < -0.4 is 0 Å². The molecule has 0 aromatic rings. The van der Waals surface area contributed by atoms with Crippen LogP contribution in [0.3, 0.4) is 0 Å². The highest BCUT2D eigenvalue weighted by Gasteiger charge is 1.85. The van der Waals surface area contributed by atoms with Gasteiger partial charge in [-0.3, -0.25) is 0 Å². The van der Waals surface area contributed by atoms with Gasteiger partial charge in [-0.15, -0.1) is 0 Å². The summed E-state index contributed by atoms with van der Waals surface area (Å²) in [6.07, 6.45) is 0. The zero-order valence-electron chi connectivity index (χ0n) is 7.19. The SMILES string of the molecule is [2H]C([2H])([2H])OCC(C)C. The van der Waals surface area contributed by atoms with Gasteiger partial charge in [-0.05, 0) is 5.92 Å². The van der Waals surface area contributed by atoms with Gasteiger partial charge in [0.2, 0.25) is 0 Å². The molecule has 38 valence electrons. The van der Waals surface area contributed by atoms with Crippen LogP contribution in [0.15, 0.2) is 0 Å². The average Bonchev–Trinajstić information content (AvgIpc) is 1.59. The molecule has 1 heteroatoms. The lowest BCUT2D eigenvalue weighted by molar-refractivity contribution is 0.167. The highest BCUT2D eigenvalue weighted by molar-refractivity contribution is 4.35. The molecule has 0 amide bonds. The Labute approximate surface area is 43.5 Å². The molecule has 0 fully saturated rings. The van der Waals surface area contributed by atoms with Crippen LogP contribution in [0.2, 0.25) is 0 Å². The van der Waals surface area contributed by atoms with E-state index in [4.69, 9.17) is 4.11 Å². The van der Waals surface area contributed by atoms with Crippen LogP contribution in [0.5, 0.6) is 0 Å². The molecule has 0 aromatic heterocycles. The monoisotopic (exact) mass is 91.1 g/mol. The standard InChI is InChI=1S/C5H12O/c1-5(2)4-6-3/h5H,4H2,1-3H3/i3D3. The van der Waals surface area contributed by atoms with Crippen molar-refractivity contribution in [1.82, 2.24) is 0 Å². The number of methoxy groups -OCH3 is 1. The summed E-state index contributed by atoms with van der Waals surface area (Å²) in [6.45, 7) is 4.12. The van der Waals surface area contributed by atoms with Gasteiger partial charge in [-0.1, -0.05) is 13.8 Å². The van der Waals surface area contributed by atoms with Gasteiger partial charge in [0, 0.05) is 13.6 Å². The van der Waals surface area contributed by atoms with Crippen LogP contribution in [0.4, 0.5) is 0 Å². The molecular formula is C5H12O. The molecule has 0 radical (unpaired) electrons. The molecule has 0 saturated heterocycles. The molecule has 1 nitrogen and oxygen atoms in total. The highest BCUT2D eigenvalue weighted by atomic mass is 16.5. The maximum atomic E-state index is 6.64. The van der Waals surface area contributed by atoms with E-state index >= 15 is 0 Å². The van der Waals surface area contributed by atoms with Gasteiger partial charge < -0.3 is 4.74 Å². The molecule has 0 spiro atoms. The number of hydrogen-bond donors (Lipinski definition) is 0. The zero-order valence-corrected chi connectivity index (χ0v) is 4.19. The summed E-state index contributed by atoms with van der Waals surface area (Å²) in [5.41, 5.74) is 0. The minimum absolute atomic E-state index is 0.283. The van der Waals surface area contributed by atoms with E-state index in [1.165, 1.54) is 0 Å². The fraction of sp³-hybridized carbons (Fsp3) is 1.00. The van der Waals surface area contributed by atoms with Crippen molar-refractivity contribution >= 4 is 0 Å². The second kappa shape index (κ2) is 3.16. The van der Waals surface area contributed by atoms with Crippen LogP contribution in [-0.2, 0) is 4.74 Å². The zero-order chi connectivity index (χ0) is 7.49. The summed E-state index contributed by atoms with van der Waals surface area (Å²) in [4.78, 5) is 0. The molecule has 0 rings (SSSR count). The summed E-state index contributed by atoms with van der Waals surface area (Å²) in [7, 11) is -2.22. The van der Waals surface area contributed by atoms with Crippen LogP contribution in [0.1, 0.15) is 18.0 Å². The van der Waals surface area contributed by atoms with E-state index in [1.54, 1.807) is 0 Å². The Hall–Kier alpha value is -0.0400. The first-order chi connectivity index (χ1) is 3.92. The lowest BCUT2D eigenvalue weighted by Gasteiger charge is -1.97. The van der Waals surface area contributed by atoms with Gasteiger partial charge in [0.05, 0.1) is 4.11 Å². The molecule has 0 N–H and O–H groups in total. The van der Waals surface area contributed by atoms with Crippen molar-refractivity contribution in [2.24, 2.45) is 5.92 Å². The first-order valence-corrected chi connectivity index (χ1v) is 2.06. The lowest BCUT2D eigenvalue weighted by Crippen LogP contribution is -1.96. The molecule has 0 unspecified atom stereocenters. The molecule has 0 bridgehead atoms. The van der Waals surface area contributed by atoms with E-state index in [0.29, 0.717) is 6.61 Å². The van der Waals surface area contributed by atoms with Gasteiger partial charge in [0.15, 0.2) is 0 Å². The number of rotatable bonds is 2. The Balaban J connectivity index is 3.28.